The van der Waals surface area contributed by atoms with Crippen LogP contribution in [0, 0.1) is 5.92 Å². The van der Waals surface area contributed by atoms with Gasteiger partial charge in [-0.05, 0) is 62.6 Å². The number of ether oxygens (including phenoxy) is 2. The molecule has 3 rings (SSSR count). The molecule has 0 saturated heterocycles. The number of halogens is 1. The van der Waals surface area contributed by atoms with E-state index in [0.29, 0.717) is 30.6 Å². The zero-order chi connectivity index (χ0) is 22.1. The van der Waals surface area contributed by atoms with Crippen molar-refractivity contribution in [2.75, 3.05) is 13.8 Å². The normalized spacial score (nSPS) is 22.4. The van der Waals surface area contributed by atoms with Crippen LogP contribution in [0.3, 0.4) is 0 Å². The zero-order valence-electron chi connectivity index (χ0n) is 18.9. The van der Waals surface area contributed by atoms with Crippen LogP contribution >= 0.6 is 0 Å². The molecule has 0 aromatic heterocycles. The molecule has 5 heteroatoms. The second-order valence-electron chi connectivity index (χ2n) is 9.87. The maximum Gasteiger partial charge on any atom is 0.333 e. The van der Waals surface area contributed by atoms with Gasteiger partial charge in [0, 0.05) is 23.0 Å². The topological polar surface area (TPSA) is 55.8 Å². The standard InChI is InChI=1S/C25H35FO4/c1-24(2,11-7-6-8-12-26)17-14-20(27)22-18-13-16(23(28)29-5)9-10-19(18)25(3,4)30-21(22)15-17/h9,14-15,18-19,27H,6-8,10-13H2,1-5H3/t18-,19-/m1/s1. The van der Waals surface area contributed by atoms with Gasteiger partial charge >= 0.3 is 5.97 Å². The van der Waals surface area contributed by atoms with Crippen molar-refractivity contribution in [3.8, 4) is 11.5 Å². The van der Waals surface area contributed by atoms with Gasteiger partial charge in [-0.2, -0.15) is 0 Å². The van der Waals surface area contributed by atoms with Crippen molar-refractivity contribution < 1.29 is 23.8 Å². The second kappa shape index (κ2) is 8.60. The van der Waals surface area contributed by atoms with Gasteiger partial charge in [-0.1, -0.05) is 32.8 Å². The van der Waals surface area contributed by atoms with Gasteiger partial charge in [0.2, 0.25) is 0 Å². The number of rotatable bonds is 7. The highest BCUT2D eigenvalue weighted by atomic mass is 19.1. The monoisotopic (exact) mass is 418 g/mol. The zero-order valence-corrected chi connectivity index (χ0v) is 18.9. The lowest BCUT2D eigenvalue weighted by Crippen LogP contribution is -2.46. The minimum absolute atomic E-state index is 0.00423. The molecule has 1 aliphatic heterocycles. The molecule has 30 heavy (non-hydrogen) atoms. The van der Waals surface area contributed by atoms with Gasteiger partial charge in [0.05, 0.1) is 13.8 Å². The first-order valence-corrected chi connectivity index (χ1v) is 11.0. The summed E-state index contributed by atoms with van der Waals surface area (Å²) in [5.41, 5.74) is 1.92. The number of fused-ring (bicyclic) bond motifs is 3. The Morgan fingerprint density at radius 2 is 2.03 bits per heavy atom. The summed E-state index contributed by atoms with van der Waals surface area (Å²) < 4.78 is 23.8. The first-order valence-electron chi connectivity index (χ1n) is 11.0. The van der Waals surface area contributed by atoms with Crippen molar-refractivity contribution in [2.24, 2.45) is 5.92 Å². The van der Waals surface area contributed by atoms with Gasteiger partial charge in [-0.25, -0.2) is 4.79 Å². The quantitative estimate of drug-likeness (QED) is 0.438. The maximum absolute atomic E-state index is 12.4. The number of esters is 1. The van der Waals surface area contributed by atoms with Crippen molar-refractivity contribution in [2.45, 2.75) is 83.2 Å². The van der Waals surface area contributed by atoms with E-state index in [-0.39, 0.29) is 35.6 Å². The van der Waals surface area contributed by atoms with Crippen molar-refractivity contribution in [1.82, 2.24) is 0 Å². The number of unbranched alkanes of at least 4 members (excludes halogenated alkanes) is 2. The average Bonchev–Trinajstić information content (AvgIpc) is 2.69. The molecule has 2 aliphatic rings. The summed E-state index contributed by atoms with van der Waals surface area (Å²) in [4.78, 5) is 12.1. The van der Waals surface area contributed by atoms with Gasteiger partial charge < -0.3 is 14.6 Å². The summed E-state index contributed by atoms with van der Waals surface area (Å²) in [6.07, 6.45) is 6.53. The van der Waals surface area contributed by atoms with Crippen molar-refractivity contribution in [3.63, 3.8) is 0 Å². The van der Waals surface area contributed by atoms with Gasteiger partial charge in [0.15, 0.2) is 0 Å². The second-order valence-corrected chi connectivity index (χ2v) is 9.87. The largest absolute Gasteiger partial charge is 0.508 e. The van der Waals surface area contributed by atoms with E-state index in [2.05, 4.69) is 33.8 Å². The van der Waals surface area contributed by atoms with Crippen LogP contribution in [-0.2, 0) is 14.9 Å². The van der Waals surface area contributed by atoms with Crippen molar-refractivity contribution >= 4 is 5.97 Å². The summed E-state index contributed by atoms with van der Waals surface area (Å²) in [5, 5.41) is 11.0. The van der Waals surface area contributed by atoms with Crippen LogP contribution in [0.15, 0.2) is 23.8 Å². The summed E-state index contributed by atoms with van der Waals surface area (Å²) in [6.45, 7) is 8.19. The average molecular weight is 419 g/mol. The molecule has 0 saturated carbocycles. The van der Waals surface area contributed by atoms with Gasteiger partial charge in [-0.15, -0.1) is 0 Å². The highest BCUT2D eigenvalue weighted by Gasteiger charge is 2.47. The number of phenolic OH excluding ortho intramolecular Hbond substituents is 1. The van der Waals surface area contributed by atoms with Crippen LogP contribution < -0.4 is 4.74 Å². The first kappa shape index (κ1) is 22.6. The molecular formula is C25H35FO4. The first-order chi connectivity index (χ1) is 14.1. The highest BCUT2D eigenvalue weighted by molar-refractivity contribution is 5.88. The van der Waals surface area contributed by atoms with E-state index in [1.165, 1.54) is 7.11 Å². The van der Waals surface area contributed by atoms with Crippen LogP contribution in [0.25, 0.3) is 0 Å². The van der Waals surface area contributed by atoms with Gasteiger partial charge in [0.1, 0.15) is 17.1 Å². The lowest BCUT2D eigenvalue weighted by Gasteiger charge is -2.47. The third-order valence-electron chi connectivity index (χ3n) is 6.97. The smallest absolute Gasteiger partial charge is 0.333 e. The predicted molar refractivity (Wildman–Crippen MR) is 116 cm³/mol. The van der Waals surface area contributed by atoms with Crippen LogP contribution in [0.2, 0.25) is 0 Å². The molecule has 4 nitrogen and oxygen atoms in total. The lowest BCUT2D eigenvalue weighted by atomic mass is 9.66. The third kappa shape index (κ3) is 4.35. The van der Waals surface area contributed by atoms with Crippen molar-refractivity contribution in [1.29, 1.82) is 0 Å². The summed E-state index contributed by atoms with van der Waals surface area (Å²) in [5.74, 6) is 0.813. The molecule has 1 aromatic carbocycles. The molecule has 2 atom stereocenters. The Morgan fingerprint density at radius 3 is 2.70 bits per heavy atom. The summed E-state index contributed by atoms with van der Waals surface area (Å²) >= 11 is 0. The third-order valence-corrected chi connectivity index (χ3v) is 6.97. The number of allylic oxidation sites excluding steroid dienone is 1. The van der Waals surface area contributed by atoms with Crippen LogP contribution in [0.1, 0.15) is 83.3 Å². The number of aromatic hydroxyl groups is 1. The predicted octanol–water partition coefficient (Wildman–Crippen LogP) is 5.96. The van der Waals surface area contributed by atoms with E-state index in [1.807, 2.05) is 12.1 Å². The Hall–Kier alpha value is -2.04. The highest BCUT2D eigenvalue weighted by Crippen LogP contribution is 2.55. The van der Waals surface area contributed by atoms with E-state index in [4.69, 9.17) is 9.47 Å². The molecule has 0 bridgehead atoms. The Bertz CT molecular complexity index is 825. The van der Waals surface area contributed by atoms with Crippen LogP contribution in [-0.4, -0.2) is 30.5 Å². The number of methoxy groups -OCH3 is 1. The van der Waals surface area contributed by atoms with E-state index >= 15 is 0 Å². The van der Waals surface area contributed by atoms with E-state index in [1.54, 1.807) is 0 Å². The molecule has 0 fully saturated rings. The molecule has 0 spiro atoms. The fraction of sp³-hybridized carbons (Fsp3) is 0.640. The minimum atomic E-state index is -0.411. The molecule has 1 heterocycles. The molecular weight excluding hydrogens is 383 g/mol. The summed E-state index contributed by atoms with van der Waals surface area (Å²) in [6, 6.07) is 3.90. The van der Waals surface area contributed by atoms with E-state index in [0.717, 1.165) is 30.4 Å². The molecule has 1 aromatic rings. The van der Waals surface area contributed by atoms with Crippen LogP contribution in [0.5, 0.6) is 11.5 Å². The minimum Gasteiger partial charge on any atom is -0.508 e. The maximum atomic E-state index is 12.4. The number of hydrogen-bond donors (Lipinski definition) is 1. The van der Waals surface area contributed by atoms with E-state index in [9.17, 15) is 14.3 Å². The van der Waals surface area contributed by atoms with Gasteiger partial charge in [0.25, 0.3) is 0 Å². The number of carbonyl (C=O) groups excluding carboxylic acids is 1. The van der Waals surface area contributed by atoms with Gasteiger partial charge in [-0.3, -0.25) is 4.39 Å². The summed E-state index contributed by atoms with van der Waals surface area (Å²) in [7, 11) is 1.40. The molecule has 0 amide bonds. The number of hydrogen-bond acceptors (Lipinski definition) is 4. The number of alkyl halides is 1. The number of phenols is 1. The van der Waals surface area contributed by atoms with E-state index < -0.39 is 5.60 Å². The Balaban J connectivity index is 1.94. The molecule has 1 N–H and O–H groups in total. The number of benzene rings is 1. The Morgan fingerprint density at radius 1 is 1.30 bits per heavy atom. The molecule has 166 valence electrons. The Kier molecular flexibility index (Phi) is 6.49. The Labute approximate surface area is 179 Å². The molecule has 0 radical (unpaired) electrons. The SMILES string of the molecule is COC(=O)C1=CC[C@@H]2[C@@H](C1)c1c(O)cc(C(C)(C)CCCCCF)cc1OC2(C)C. The fourth-order valence-electron chi connectivity index (χ4n) is 5.07. The van der Waals surface area contributed by atoms with Crippen molar-refractivity contribution in [3.05, 3.63) is 34.9 Å². The fourth-order valence-corrected chi connectivity index (χ4v) is 5.07. The molecule has 0 unspecified atom stereocenters. The lowest BCUT2D eigenvalue weighted by molar-refractivity contribution is -0.136. The van der Waals surface area contributed by atoms with Crippen LogP contribution in [0.4, 0.5) is 4.39 Å². The molecule has 1 aliphatic carbocycles. The number of carbonyl (C=O) groups is 1.